The number of rotatable bonds is 7. The largest absolute Gasteiger partial charge is 0.497 e. The van der Waals surface area contributed by atoms with Gasteiger partial charge in [-0.15, -0.1) is 0 Å². The van der Waals surface area contributed by atoms with E-state index in [1.165, 1.54) is 0 Å². The van der Waals surface area contributed by atoms with E-state index in [0.29, 0.717) is 18.0 Å². The molecule has 0 heterocycles. The summed E-state index contributed by atoms with van der Waals surface area (Å²) >= 11 is 0. The summed E-state index contributed by atoms with van der Waals surface area (Å²) in [5, 5.41) is 2.84. The lowest BCUT2D eigenvalue weighted by molar-refractivity contribution is -0.123. The van der Waals surface area contributed by atoms with Crippen molar-refractivity contribution in [3.05, 3.63) is 23.8 Å². The van der Waals surface area contributed by atoms with E-state index >= 15 is 0 Å². The van der Waals surface area contributed by atoms with Gasteiger partial charge in [0.1, 0.15) is 11.5 Å². The molecule has 0 aliphatic heterocycles. The zero-order valence-corrected chi connectivity index (χ0v) is 12.6. The van der Waals surface area contributed by atoms with Crippen molar-refractivity contribution in [1.82, 2.24) is 5.32 Å². The molecule has 5 heteroatoms. The molecule has 0 saturated carbocycles. The summed E-state index contributed by atoms with van der Waals surface area (Å²) in [4.78, 5) is 11.9. The molecular weight excluding hydrogens is 256 g/mol. The van der Waals surface area contributed by atoms with Crippen LogP contribution in [0.25, 0.3) is 0 Å². The maximum Gasteiger partial charge on any atom is 0.237 e. The number of nitrogens with one attached hydrogen (secondary N) is 1. The number of hydrogen-bond donors (Lipinski definition) is 2. The quantitative estimate of drug-likeness (QED) is 0.797. The van der Waals surface area contributed by atoms with E-state index in [-0.39, 0.29) is 11.8 Å². The van der Waals surface area contributed by atoms with E-state index in [9.17, 15) is 4.79 Å². The number of carbonyl (C=O) groups is 1. The normalized spacial score (nSPS) is 13.4. The molecule has 5 nitrogen and oxygen atoms in total. The second-order valence-corrected chi connectivity index (χ2v) is 4.81. The van der Waals surface area contributed by atoms with E-state index < -0.39 is 6.04 Å². The molecule has 0 radical (unpaired) electrons. The smallest absolute Gasteiger partial charge is 0.237 e. The average Bonchev–Trinajstić information content (AvgIpc) is 2.50. The standard InChI is InChI=1S/C15H24N2O3/c1-5-10(2)14(16)15(18)17-9-11-6-7-12(19-3)8-13(11)20-4/h6-8,10,14H,5,9,16H2,1-4H3,(H,17,18)/t10-,14-/m0/s1. The topological polar surface area (TPSA) is 73.6 Å². The lowest BCUT2D eigenvalue weighted by atomic mass is 9.99. The molecule has 0 aliphatic rings. The molecule has 1 aromatic carbocycles. The zero-order chi connectivity index (χ0) is 15.1. The van der Waals surface area contributed by atoms with E-state index in [1.807, 2.05) is 26.0 Å². The van der Waals surface area contributed by atoms with Crippen LogP contribution in [-0.4, -0.2) is 26.2 Å². The molecule has 1 amide bonds. The number of benzene rings is 1. The highest BCUT2D eigenvalue weighted by Gasteiger charge is 2.19. The summed E-state index contributed by atoms with van der Waals surface area (Å²) < 4.78 is 10.4. The van der Waals surface area contributed by atoms with Gasteiger partial charge in [-0.05, 0) is 18.1 Å². The van der Waals surface area contributed by atoms with Crippen LogP contribution >= 0.6 is 0 Å². The molecule has 0 saturated heterocycles. The highest BCUT2D eigenvalue weighted by atomic mass is 16.5. The SMILES string of the molecule is CC[C@H](C)[C@H](N)C(=O)NCc1ccc(OC)cc1OC. The molecule has 0 aliphatic carbocycles. The average molecular weight is 280 g/mol. The van der Waals surface area contributed by atoms with Gasteiger partial charge in [0, 0.05) is 18.2 Å². The summed E-state index contributed by atoms with van der Waals surface area (Å²) in [6.07, 6.45) is 0.875. The van der Waals surface area contributed by atoms with Crippen molar-refractivity contribution in [1.29, 1.82) is 0 Å². The lowest BCUT2D eigenvalue weighted by Crippen LogP contribution is -2.44. The van der Waals surface area contributed by atoms with Gasteiger partial charge in [0.2, 0.25) is 5.91 Å². The first-order valence-corrected chi connectivity index (χ1v) is 6.77. The summed E-state index contributed by atoms with van der Waals surface area (Å²) in [5.41, 5.74) is 6.78. The fourth-order valence-electron chi connectivity index (χ4n) is 1.81. The fourth-order valence-corrected chi connectivity index (χ4v) is 1.81. The molecule has 0 fully saturated rings. The van der Waals surface area contributed by atoms with Crippen LogP contribution in [0, 0.1) is 5.92 Å². The fraction of sp³-hybridized carbons (Fsp3) is 0.533. The molecule has 0 spiro atoms. The maximum absolute atomic E-state index is 11.9. The third-order valence-electron chi connectivity index (χ3n) is 3.51. The number of hydrogen-bond acceptors (Lipinski definition) is 4. The number of ether oxygens (including phenoxy) is 2. The van der Waals surface area contributed by atoms with Crippen molar-refractivity contribution in [2.45, 2.75) is 32.9 Å². The van der Waals surface area contributed by atoms with Gasteiger partial charge in [0.25, 0.3) is 0 Å². The van der Waals surface area contributed by atoms with Gasteiger partial charge < -0.3 is 20.5 Å². The summed E-state index contributed by atoms with van der Waals surface area (Å²) in [6.45, 7) is 4.37. The van der Waals surface area contributed by atoms with Crippen molar-refractivity contribution in [3.63, 3.8) is 0 Å². The third kappa shape index (κ3) is 4.13. The van der Waals surface area contributed by atoms with Crippen molar-refractivity contribution < 1.29 is 14.3 Å². The van der Waals surface area contributed by atoms with Gasteiger partial charge in [0.05, 0.1) is 20.3 Å². The van der Waals surface area contributed by atoms with Crippen LogP contribution in [0.2, 0.25) is 0 Å². The molecule has 0 bridgehead atoms. The van der Waals surface area contributed by atoms with E-state index in [1.54, 1.807) is 20.3 Å². The highest BCUT2D eigenvalue weighted by Crippen LogP contribution is 2.24. The zero-order valence-electron chi connectivity index (χ0n) is 12.6. The lowest BCUT2D eigenvalue weighted by Gasteiger charge is -2.18. The minimum Gasteiger partial charge on any atom is -0.497 e. The first-order chi connectivity index (χ1) is 9.53. The number of amides is 1. The Balaban J connectivity index is 2.68. The van der Waals surface area contributed by atoms with Crippen molar-refractivity contribution in [3.8, 4) is 11.5 Å². The Hall–Kier alpha value is -1.75. The van der Waals surface area contributed by atoms with Crippen LogP contribution in [0.5, 0.6) is 11.5 Å². The molecule has 20 heavy (non-hydrogen) atoms. The Morgan fingerprint density at radius 1 is 1.35 bits per heavy atom. The second kappa shape index (κ2) is 7.75. The minimum absolute atomic E-state index is 0.141. The Morgan fingerprint density at radius 3 is 2.60 bits per heavy atom. The van der Waals surface area contributed by atoms with E-state index in [2.05, 4.69) is 5.32 Å². The number of carbonyl (C=O) groups excluding carboxylic acids is 1. The molecule has 1 rings (SSSR count). The van der Waals surface area contributed by atoms with Crippen molar-refractivity contribution in [2.75, 3.05) is 14.2 Å². The molecule has 0 unspecified atom stereocenters. The molecule has 1 aromatic rings. The van der Waals surface area contributed by atoms with E-state index in [0.717, 1.165) is 12.0 Å². The third-order valence-corrected chi connectivity index (χ3v) is 3.51. The van der Waals surface area contributed by atoms with Gasteiger partial charge in [-0.1, -0.05) is 20.3 Å². The monoisotopic (exact) mass is 280 g/mol. The predicted molar refractivity (Wildman–Crippen MR) is 78.8 cm³/mol. The Kier molecular flexibility index (Phi) is 6.31. The summed E-state index contributed by atoms with van der Waals surface area (Å²) in [6, 6.07) is 5.01. The van der Waals surface area contributed by atoms with Crippen LogP contribution in [-0.2, 0) is 11.3 Å². The Bertz CT molecular complexity index is 449. The number of methoxy groups -OCH3 is 2. The van der Waals surface area contributed by atoms with Gasteiger partial charge in [-0.3, -0.25) is 4.79 Å². The van der Waals surface area contributed by atoms with Gasteiger partial charge in [0.15, 0.2) is 0 Å². The molecule has 112 valence electrons. The maximum atomic E-state index is 11.9. The first kappa shape index (κ1) is 16.3. The molecular formula is C15H24N2O3. The Labute approximate surface area is 120 Å². The summed E-state index contributed by atoms with van der Waals surface area (Å²) in [5.74, 6) is 1.42. The molecule has 0 aromatic heterocycles. The minimum atomic E-state index is -0.482. The second-order valence-electron chi connectivity index (χ2n) is 4.81. The van der Waals surface area contributed by atoms with Crippen LogP contribution in [0.4, 0.5) is 0 Å². The molecule has 3 N–H and O–H groups in total. The van der Waals surface area contributed by atoms with Crippen LogP contribution in [0.1, 0.15) is 25.8 Å². The van der Waals surface area contributed by atoms with Crippen molar-refractivity contribution >= 4 is 5.91 Å². The number of nitrogens with two attached hydrogens (primary N) is 1. The van der Waals surface area contributed by atoms with Gasteiger partial charge in [-0.2, -0.15) is 0 Å². The first-order valence-electron chi connectivity index (χ1n) is 6.77. The van der Waals surface area contributed by atoms with Crippen LogP contribution in [0.15, 0.2) is 18.2 Å². The van der Waals surface area contributed by atoms with Crippen LogP contribution in [0.3, 0.4) is 0 Å². The van der Waals surface area contributed by atoms with Crippen molar-refractivity contribution in [2.24, 2.45) is 11.7 Å². The van der Waals surface area contributed by atoms with Crippen LogP contribution < -0.4 is 20.5 Å². The molecule has 2 atom stereocenters. The summed E-state index contributed by atoms with van der Waals surface area (Å²) in [7, 11) is 3.19. The van der Waals surface area contributed by atoms with E-state index in [4.69, 9.17) is 15.2 Å². The predicted octanol–water partition coefficient (Wildman–Crippen LogP) is 1.69. The Morgan fingerprint density at radius 2 is 2.05 bits per heavy atom. The highest BCUT2D eigenvalue weighted by molar-refractivity contribution is 5.81. The van der Waals surface area contributed by atoms with Gasteiger partial charge >= 0.3 is 0 Å². The van der Waals surface area contributed by atoms with Gasteiger partial charge in [-0.25, -0.2) is 0 Å².